The number of hydrogen-bond donors (Lipinski definition) is 0. The van der Waals surface area contributed by atoms with E-state index in [4.69, 9.17) is 0 Å². The van der Waals surface area contributed by atoms with Crippen LogP contribution in [0.4, 0.5) is 0 Å². The van der Waals surface area contributed by atoms with E-state index < -0.39 is 0 Å². The van der Waals surface area contributed by atoms with Gasteiger partial charge in [-0.25, -0.2) is 4.57 Å². The summed E-state index contributed by atoms with van der Waals surface area (Å²) in [5.41, 5.74) is 3.79. The molecule has 0 bridgehead atoms. The van der Waals surface area contributed by atoms with Crippen LogP contribution < -0.4 is 4.57 Å². The van der Waals surface area contributed by atoms with Gasteiger partial charge in [-0.3, -0.25) is 0 Å². The van der Waals surface area contributed by atoms with Gasteiger partial charge in [0.05, 0.1) is 6.54 Å². The molecule has 12 heavy (non-hydrogen) atoms. The Morgan fingerprint density at radius 2 is 1.75 bits per heavy atom. The number of hydrogen-bond acceptors (Lipinski definition) is 1. The van der Waals surface area contributed by atoms with Crippen molar-refractivity contribution < 1.29 is 4.57 Å². The molecule has 0 aliphatic heterocycles. The van der Waals surface area contributed by atoms with Gasteiger partial charge in [-0.2, -0.15) is 0 Å². The van der Waals surface area contributed by atoms with Crippen molar-refractivity contribution in [1.82, 2.24) is 4.98 Å². The highest BCUT2D eigenvalue weighted by atomic mass is 15.0. The van der Waals surface area contributed by atoms with Crippen molar-refractivity contribution in [2.24, 2.45) is 0 Å². The van der Waals surface area contributed by atoms with Crippen LogP contribution in [0.1, 0.15) is 29.7 Å². The van der Waals surface area contributed by atoms with E-state index >= 15 is 0 Å². The summed E-state index contributed by atoms with van der Waals surface area (Å²) in [6.45, 7) is 11.6. The third-order valence-corrected chi connectivity index (χ3v) is 2.53. The van der Waals surface area contributed by atoms with E-state index in [2.05, 4.69) is 44.2 Å². The van der Waals surface area contributed by atoms with Crippen molar-refractivity contribution in [3.63, 3.8) is 0 Å². The molecule has 66 valence electrons. The molecule has 0 aromatic carbocycles. The van der Waals surface area contributed by atoms with E-state index in [0.717, 1.165) is 18.1 Å². The third kappa shape index (κ3) is 1.33. The highest BCUT2D eigenvalue weighted by Gasteiger charge is 2.14. The summed E-state index contributed by atoms with van der Waals surface area (Å²) in [7, 11) is 0. The van der Waals surface area contributed by atoms with Crippen LogP contribution in [-0.4, -0.2) is 4.98 Å². The van der Waals surface area contributed by atoms with E-state index in [-0.39, 0.29) is 0 Å². The van der Waals surface area contributed by atoms with Gasteiger partial charge in [-0.1, -0.05) is 4.98 Å². The maximum atomic E-state index is 4.47. The van der Waals surface area contributed by atoms with Gasteiger partial charge >= 0.3 is 0 Å². The van der Waals surface area contributed by atoms with Gasteiger partial charge in [-0.15, -0.1) is 0 Å². The highest BCUT2D eigenvalue weighted by molar-refractivity contribution is 5.17. The number of nitrogens with zero attached hydrogens (tertiary/aromatic N) is 2. The first kappa shape index (κ1) is 9.17. The summed E-state index contributed by atoms with van der Waals surface area (Å²) in [6, 6.07) is 0. The van der Waals surface area contributed by atoms with Crippen LogP contribution in [0.5, 0.6) is 0 Å². The lowest BCUT2D eigenvalue weighted by Gasteiger charge is -2.06. The highest BCUT2D eigenvalue weighted by Crippen LogP contribution is 2.05. The fraction of sp³-hybridized carbons (Fsp3) is 0.600. The summed E-state index contributed by atoms with van der Waals surface area (Å²) in [4.78, 5) is 4.47. The van der Waals surface area contributed by atoms with Crippen LogP contribution in [0.3, 0.4) is 0 Å². The van der Waals surface area contributed by atoms with Gasteiger partial charge < -0.3 is 0 Å². The van der Waals surface area contributed by atoms with E-state index in [9.17, 15) is 0 Å². The molecule has 0 aliphatic carbocycles. The SMILES string of the molecule is CC[n+]1c(C)nc(C)c(C)c1C. The molecule has 2 nitrogen and oxygen atoms in total. The molecule has 1 aromatic rings. The first-order valence-corrected chi connectivity index (χ1v) is 4.42. The first-order chi connectivity index (χ1) is 5.57. The Bertz CT molecular complexity index is 303. The fourth-order valence-corrected chi connectivity index (χ4v) is 1.56. The van der Waals surface area contributed by atoms with Gasteiger partial charge in [0.1, 0.15) is 5.69 Å². The summed E-state index contributed by atoms with van der Waals surface area (Å²) in [5.74, 6) is 1.11. The lowest BCUT2D eigenvalue weighted by Crippen LogP contribution is -2.41. The zero-order valence-corrected chi connectivity index (χ0v) is 8.60. The molecule has 1 heterocycles. The van der Waals surface area contributed by atoms with Crippen LogP contribution in [0.25, 0.3) is 0 Å². The van der Waals surface area contributed by atoms with Crippen molar-refractivity contribution in [1.29, 1.82) is 0 Å². The zero-order valence-electron chi connectivity index (χ0n) is 8.60. The molecule has 0 fully saturated rings. The molecule has 1 rings (SSSR count). The van der Waals surface area contributed by atoms with E-state index in [1.54, 1.807) is 0 Å². The minimum absolute atomic E-state index is 1.01. The monoisotopic (exact) mass is 165 g/mol. The number of aromatic nitrogens is 2. The number of aryl methyl sites for hydroxylation is 2. The molecule has 0 unspecified atom stereocenters. The van der Waals surface area contributed by atoms with Gasteiger partial charge in [0.25, 0.3) is 5.82 Å². The van der Waals surface area contributed by atoms with Crippen molar-refractivity contribution >= 4 is 0 Å². The summed E-state index contributed by atoms with van der Waals surface area (Å²) >= 11 is 0. The van der Waals surface area contributed by atoms with E-state index in [0.29, 0.717) is 0 Å². The average molecular weight is 165 g/mol. The Morgan fingerprint density at radius 3 is 2.25 bits per heavy atom. The normalized spacial score (nSPS) is 10.4. The van der Waals surface area contributed by atoms with Crippen LogP contribution in [0.15, 0.2) is 0 Å². The van der Waals surface area contributed by atoms with Crippen molar-refractivity contribution in [2.45, 2.75) is 41.2 Å². The molecule has 0 saturated heterocycles. The van der Waals surface area contributed by atoms with Crippen LogP contribution in [-0.2, 0) is 6.54 Å². The van der Waals surface area contributed by atoms with Crippen LogP contribution >= 0.6 is 0 Å². The Hall–Kier alpha value is -0.920. The van der Waals surface area contributed by atoms with Gasteiger partial charge in [0.2, 0.25) is 0 Å². The second-order valence-corrected chi connectivity index (χ2v) is 3.20. The second-order valence-electron chi connectivity index (χ2n) is 3.20. The predicted molar refractivity (Wildman–Crippen MR) is 49.1 cm³/mol. The quantitative estimate of drug-likeness (QED) is 0.578. The van der Waals surface area contributed by atoms with Gasteiger partial charge in [0.15, 0.2) is 5.69 Å². The third-order valence-electron chi connectivity index (χ3n) is 2.53. The maximum absolute atomic E-state index is 4.47. The van der Waals surface area contributed by atoms with Crippen molar-refractivity contribution in [3.8, 4) is 0 Å². The predicted octanol–water partition coefficient (Wildman–Crippen LogP) is 1.62. The molecule has 0 amide bonds. The average Bonchev–Trinajstić information content (AvgIpc) is 2.01. The van der Waals surface area contributed by atoms with Crippen LogP contribution in [0, 0.1) is 27.7 Å². The van der Waals surface area contributed by atoms with Gasteiger partial charge in [0, 0.05) is 19.4 Å². The molecule has 0 spiro atoms. The minimum Gasteiger partial charge on any atom is -0.232 e. The maximum Gasteiger partial charge on any atom is 0.295 e. The molecule has 0 aliphatic rings. The van der Waals surface area contributed by atoms with E-state index in [1.807, 2.05) is 0 Å². The Kier molecular flexibility index (Phi) is 2.46. The lowest BCUT2D eigenvalue weighted by atomic mass is 10.2. The lowest BCUT2D eigenvalue weighted by molar-refractivity contribution is -0.708. The largest absolute Gasteiger partial charge is 0.295 e. The van der Waals surface area contributed by atoms with Crippen molar-refractivity contribution in [3.05, 3.63) is 22.8 Å². The minimum atomic E-state index is 1.01. The molecular weight excluding hydrogens is 148 g/mol. The second kappa shape index (κ2) is 3.21. The molecular formula is C10H17N2+. The molecule has 0 saturated carbocycles. The molecule has 1 aromatic heterocycles. The molecule has 0 atom stereocenters. The standard InChI is InChI=1S/C10H17N2/c1-6-12-9(4)7(2)8(3)11-10(12)5/h6H2,1-5H3/q+1. The topological polar surface area (TPSA) is 16.8 Å². The Labute approximate surface area is 74.3 Å². The fourth-order valence-electron chi connectivity index (χ4n) is 1.56. The Balaban J connectivity index is 3.40. The summed E-state index contributed by atoms with van der Waals surface area (Å²) in [6.07, 6.45) is 0. The van der Waals surface area contributed by atoms with Crippen molar-refractivity contribution in [2.75, 3.05) is 0 Å². The summed E-state index contributed by atoms with van der Waals surface area (Å²) in [5, 5.41) is 0. The molecule has 0 radical (unpaired) electrons. The first-order valence-electron chi connectivity index (χ1n) is 4.42. The molecule has 0 N–H and O–H groups in total. The van der Waals surface area contributed by atoms with Crippen LogP contribution in [0.2, 0.25) is 0 Å². The molecule has 2 heteroatoms. The number of rotatable bonds is 1. The zero-order chi connectivity index (χ0) is 9.30. The Morgan fingerprint density at radius 1 is 1.17 bits per heavy atom. The van der Waals surface area contributed by atoms with Gasteiger partial charge in [-0.05, 0) is 20.8 Å². The van der Waals surface area contributed by atoms with E-state index in [1.165, 1.54) is 11.3 Å². The summed E-state index contributed by atoms with van der Waals surface area (Å²) < 4.78 is 2.24. The smallest absolute Gasteiger partial charge is 0.232 e.